The highest BCUT2D eigenvalue weighted by molar-refractivity contribution is 5.93. The molecule has 0 saturated carbocycles. The van der Waals surface area contributed by atoms with Gasteiger partial charge in [0, 0.05) is 19.0 Å². The Morgan fingerprint density at radius 3 is 2.55 bits per heavy atom. The average Bonchev–Trinajstić information content (AvgIpc) is 2.32. The summed E-state index contributed by atoms with van der Waals surface area (Å²) in [6, 6.07) is 4.81. The lowest BCUT2D eigenvalue weighted by Gasteiger charge is -2.37. The van der Waals surface area contributed by atoms with Crippen LogP contribution in [0.15, 0.2) is 24.3 Å². The Kier molecular flexibility index (Phi) is 4.27. The van der Waals surface area contributed by atoms with E-state index in [1.54, 1.807) is 4.90 Å². The van der Waals surface area contributed by atoms with E-state index in [0.717, 1.165) is 6.07 Å². The molecule has 110 valence electrons. The van der Waals surface area contributed by atoms with Gasteiger partial charge in [0.25, 0.3) is 0 Å². The highest BCUT2D eigenvalue weighted by atomic mass is 19.4. The van der Waals surface area contributed by atoms with Crippen LogP contribution in [0.2, 0.25) is 0 Å². The second-order valence-corrected chi connectivity index (χ2v) is 4.81. The standard InChI is InChI=1S/C13H14F4N2O/c14-5-9-6-19(7-9)8-12(20)18-11-4-2-1-3-10(11)13(15,16)17/h1-4,9H,5-8H2,(H,18,20). The Morgan fingerprint density at radius 1 is 1.30 bits per heavy atom. The van der Waals surface area contributed by atoms with E-state index in [1.807, 2.05) is 0 Å². The lowest BCUT2D eigenvalue weighted by molar-refractivity contribution is -0.137. The third-order valence-corrected chi connectivity index (χ3v) is 3.12. The van der Waals surface area contributed by atoms with Gasteiger partial charge in [-0.25, -0.2) is 0 Å². The molecular formula is C13H14F4N2O. The van der Waals surface area contributed by atoms with Gasteiger partial charge in [-0.1, -0.05) is 12.1 Å². The molecule has 1 heterocycles. The molecule has 20 heavy (non-hydrogen) atoms. The van der Waals surface area contributed by atoms with Crippen LogP contribution in [0.3, 0.4) is 0 Å². The fraction of sp³-hybridized carbons (Fsp3) is 0.462. The summed E-state index contributed by atoms with van der Waals surface area (Å²) >= 11 is 0. The molecule has 3 nitrogen and oxygen atoms in total. The Bertz CT molecular complexity index is 484. The van der Waals surface area contributed by atoms with Gasteiger partial charge in [0.1, 0.15) is 0 Å². The minimum absolute atomic E-state index is 0.0251. The van der Waals surface area contributed by atoms with Crippen LogP contribution in [-0.2, 0) is 11.0 Å². The SMILES string of the molecule is O=C(CN1CC(CF)C1)Nc1ccccc1C(F)(F)F. The predicted octanol–water partition coefficient (Wildman–Crippen LogP) is 2.55. The number of halogens is 4. The van der Waals surface area contributed by atoms with E-state index in [9.17, 15) is 22.4 Å². The Balaban J connectivity index is 1.95. The van der Waals surface area contributed by atoms with Crippen LogP contribution in [0.25, 0.3) is 0 Å². The van der Waals surface area contributed by atoms with Crippen LogP contribution >= 0.6 is 0 Å². The summed E-state index contributed by atoms with van der Waals surface area (Å²) < 4.78 is 50.4. The zero-order valence-corrected chi connectivity index (χ0v) is 10.6. The topological polar surface area (TPSA) is 32.3 Å². The van der Waals surface area contributed by atoms with Crippen molar-refractivity contribution in [2.45, 2.75) is 6.18 Å². The first kappa shape index (κ1) is 14.8. The number of nitrogens with zero attached hydrogens (tertiary/aromatic N) is 1. The third-order valence-electron chi connectivity index (χ3n) is 3.12. The smallest absolute Gasteiger partial charge is 0.324 e. The number of rotatable bonds is 4. The molecule has 1 aromatic rings. The van der Waals surface area contributed by atoms with Crippen molar-refractivity contribution >= 4 is 11.6 Å². The van der Waals surface area contributed by atoms with E-state index in [0.29, 0.717) is 13.1 Å². The molecule has 0 radical (unpaired) electrons. The summed E-state index contributed by atoms with van der Waals surface area (Å²) in [6.45, 7) is 0.466. The van der Waals surface area contributed by atoms with Crippen LogP contribution in [0, 0.1) is 5.92 Å². The quantitative estimate of drug-likeness (QED) is 0.864. The summed E-state index contributed by atoms with van der Waals surface area (Å²) in [5.74, 6) is -0.593. The van der Waals surface area contributed by atoms with E-state index < -0.39 is 24.3 Å². The summed E-state index contributed by atoms with van der Waals surface area (Å²) in [6.07, 6.45) is -4.51. The summed E-state index contributed by atoms with van der Waals surface area (Å²) in [5, 5.41) is 2.25. The molecule has 0 atom stereocenters. The lowest BCUT2D eigenvalue weighted by Crippen LogP contribution is -2.50. The highest BCUT2D eigenvalue weighted by Crippen LogP contribution is 2.34. The Morgan fingerprint density at radius 2 is 1.95 bits per heavy atom. The molecule has 7 heteroatoms. The van der Waals surface area contributed by atoms with Gasteiger partial charge in [-0.15, -0.1) is 0 Å². The van der Waals surface area contributed by atoms with Crippen molar-refractivity contribution in [2.24, 2.45) is 5.92 Å². The minimum atomic E-state index is -4.51. The van der Waals surface area contributed by atoms with Crippen molar-refractivity contribution in [2.75, 3.05) is 31.6 Å². The normalized spacial score (nSPS) is 16.8. The number of hydrogen-bond acceptors (Lipinski definition) is 2. The molecule has 2 rings (SSSR count). The average molecular weight is 290 g/mol. The maximum absolute atomic E-state index is 12.7. The molecule has 0 unspecified atom stereocenters. The van der Waals surface area contributed by atoms with Gasteiger partial charge in [0.05, 0.1) is 24.5 Å². The molecule has 0 spiro atoms. The molecule has 1 aliphatic rings. The maximum Gasteiger partial charge on any atom is 0.418 e. The van der Waals surface area contributed by atoms with E-state index in [-0.39, 0.29) is 18.2 Å². The third kappa shape index (κ3) is 3.47. The van der Waals surface area contributed by atoms with Gasteiger partial charge in [-0.2, -0.15) is 13.2 Å². The second kappa shape index (κ2) is 5.78. The number of carbonyl (C=O) groups excluding carboxylic acids is 1. The van der Waals surface area contributed by atoms with Crippen LogP contribution in [0.4, 0.5) is 23.2 Å². The number of benzene rings is 1. The molecule has 1 fully saturated rings. The number of nitrogens with one attached hydrogen (secondary N) is 1. The van der Waals surface area contributed by atoms with Crippen molar-refractivity contribution in [3.05, 3.63) is 29.8 Å². The van der Waals surface area contributed by atoms with E-state index in [1.165, 1.54) is 18.2 Å². The first-order valence-corrected chi connectivity index (χ1v) is 6.14. The largest absolute Gasteiger partial charge is 0.418 e. The number of anilines is 1. The van der Waals surface area contributed by atoms with Crippen molar-refractivity contribution in [1.82, 2.24) is 4.90 Å². The Labute approximate surface area is 113 Å². The zero-order valence-electron chi connectivity index (χ0n) is 10.6. The molecule has 1 aromatic carbocycles. The monoisotopic (exact) mass is 290 g/mol. The second-order valence-electron chi connectivity index (χ2n) is 4.81. The molecule has 1 N–H and O–H groups in total. The van der Waals surface area contributed by atoms with Gasteiger partial charge in [-0.3, -0.25) is 14.1 Å². The van der Waals surface area contributed by atoms with Crippen LogP contribution in [0.1, 0.15) is 5.56 Å². The van der Waals surface area contributed by atoms with Gasteiger partial charge < -0.3 is 5.32 Å². The van der Waals surface area contributed by atoms with Crippen molar-refractivity contribution < 1.29 is 22.4 Å². The van der Waals surface area contributed by atoms with Crippen molar-refractivity contribution in [3.8, 4) is 0 Å². The lowest BCUT2D eigenvalue weighted by atomic mass is 10.0. The predicted molar refractivity (Wildman–Crippen MR) is 66.0 cm³/mol. The summed E-state index contributed by atoms with van der Waals surface area (Å²) in [4.78, 5) is 13.4. The molecular weight excluding hydrogens is 276 g/mol. The van der Waals surface area contributed by atoms with Crippen LogP contribution in [-0.4, -0.2) is 37.1 Å². The molecule has 1 saturated heterocycles. The number of para-hydroxylation sites is 1. The van der Waals surface area contributed by atoms with Gasteiger partial charge in [-0.05, 0) is 12.1 Å². The summed E-state index contributed by atoms with van der Waals surface area (Å²) in [5.41, 5.74) is -1.13. The number of hydrogen-bond donors (Lipinski definition) is 1. The zero-order chi connectivity index (χ0) is 14.8. The maximum atomic E-state index is 12.7. The minimum Gasteiger partial charge on any atom is -0.324 e. The van der Waals surface area contributed by atoms with Crippen molar-refractivity contribution in [3.63, 3.8) is 0 Å². The van der Waals surface area contributed by atoms with E-state index in [4.69, 9.17) is 0 Å². The van der Waals surface area contributed by atoms with Gasteiger partial charge >= 0.3 is 6.18 Å². The van der Waals surface area contributed by atoms with Crippen LogP contribution < -0.4 is 5.32 Å². The molecule has 1 aliphatic heterocycles. The van der Waals surface area contributed by atoms with E-state index in [2.05, 4.69) is 5.32 Å². The van der Waals surface area contributed by atoms with E-state index >= 15 is 0 Å². The number of alkyl halides is 4. The number of amides is 1. The van der Waals surface area contributed by atoms with Crippen LogP contribution in [0.5, 0.6) is 0 Å². The molecule has 1 amide bonds. The molecule has 0 aromatic heterocycles. The fourth-order valence-electron chi connectivity index (χ4n) is 2.14. The first-order chi connectivity index (χ1) is 9.40. The summed E-state index contributed by atoms with van der Waals surface area (Å²) in [7, 11) is 0. The highest BCUT2D eigenvalue weighted by Gasteiger charge is 2.34. The van der Waals surface area contributed by atoms with Crippen molar-refractivity contribution in [1.29, 1.82) is 0 Å². The fourth-order valence-corrected chi connectivity index (χ4v) is 2.14. The van der Waals surface area contributed by atoms with Gasteiger partial charge in [0.2, 0.25) is 5.91 Å². The molecule has 0 bridgehead atoms. The first-order valence-electron chi connectivity index (χ1n) is 6.14. The Hall–Kier alpha value is -1.63. The van der Waals surface area contributed by atoms with Gasteiger partial charge in [0.15, 0.2) is 0 Å². The number of likely N-dealkylation sites (tertiary alicyclic amines) is 1. The number of carbonyl (C=O) groups is 1. The molecule has 0 aliphatic carbocycles.